The van der Waals surface area contributed by atoms with E-state index in [9.17, 15) is 4.79 Å². The van der Waals surface area contributed by atoms with Crippen molar-refractivity contribution in [3.8, 4) is 0 Å². The Kier molecular flexibility index (Phi) is 5.57. The van der Waals surface area contributed by atoms with E-state index in [-0.39, 0.29) is 18.2 Å². The van der Waals surface area contributed by atoms with E-state index in [0.717, 1.165) is 33.1 Å². The first-order valence-corrected chi connectivity index (χ1v) is 11.0. The number of hydrogen-bond donors (Lipinski definition) is 2. The van der Waals surface area contributed by atoms with Crippen molar-refractivity contribution in [2.24, 2.45) is 0 Å². The van der Waals surface area contributed by atoms with Crippen molar-refractivity contribution in [2.75, 3.05) is 25.5 Å². The highest BCUT2D eigenvalue weighted by Gasteiger charge is 2.20. The Balaban J connectivity index is 1.40. The van der Waals surface area contributed by atoms with Gasteiger partial charge in [-0.05, 0) is 41.5 Å². The summed E-state index contributed by atoms with van der Waals surface area (Å²) in [6, 6.07) is 24.3. The molecule has 0 aliphatic heterocycles. The molecule has 2 aromatic heterocycles. The van der Waals surface area contributed by atoms with Crippen LogP contribution < -0.4 is 10.2 Å². The van der Waals surface area contributed by atoms with Crippen molar-refractivity contribution in [1.82, 2.24) is 15.5 Å². The van der Waals surface area contributed by atoms with Gasteiger partial charge in [-0.3, -0.25) is 4.79 Å². The SMILES string of the molecule is CN(C)c1ccc(C(CNC(=O)Cc2noc3ccccc23)c2c[nH]c3ccccc23)cc1. The van der Waals surface area contributed by atoms with Crippen LogP contribution in [0.1, 0.15) is 22.7 Å². The van der Waals surface area contributed by atoms with Crippen molar-refractivity contribution in [2.45, 2.75) is 12.3 Å². The maximum absolute atomic E-state index is 12.9. The normalized spacial score (nSPS) is 12.2. The van der Waals surface area contributed by atoms with Crippen LogP contribution in [0.2, 0.25) is 0 Å². The van der Waals surface area contributed by atoms with Crippen LogP contribution in [-0.4, -0.2) is 36.7 Å². The van der Waals surface area contributed by atoms with Crippen LogP contribution in [0.3, 0.4) is 0 Å². The van der Waals surface area contributed by atoms with Crippen molar-refractivity contribution >= 4 is 33.5 Å². The van der Waals surface area contributed by atoms with Crippen molar-refractivity contribution in [3.63, 3.8) is 0 Å². The van der Waals surface area contributed by atoms with Gasteiger partial charge in [0.1, 0.15) is 5.69 Å². The van der Waals surface area contributed by atoms with E-state index in [1.165, 1.54) is 0 Å². The molecule has 6 nitrogen and oxygen atoms in total. The second-order valence-electron chi connectivity index (χ2n) is 8.43. The minimum Gasteiger partial charge on any atom is -0.378 e. The van der Waals surface area contributed by atoms with Crippen LogP contribution in [0.4, 0.5) is 5.69 Å². The number of aromatic nitrogens is 2. The Morgan fingerprint density at radius 1 is 1.00 bits per heavy atom. The van der Waals surface area contributed by atoms with Gasteiger partial charge in [0.2, 0.25) is 5.91 Å². The molecule has 0 spiro atoms. The average Bonchev–Trinajstić information content (AvgIpc) is 3.44. The topological polar surface area (TPSA) is 74.2 Å². The summed E-state index contributed by atoms with van der Waals surface area (Å²) in [4.78, 5) is 18.3. The summed E-state index contributed by atoms with van der Waals surface area (Å²) < 4.78 is 5.34. The zero-order valence-corrected chi connectivity index (χ0v) is 18.7. The second kappa shape index (κ2) is 8.82. The summed E-state index contributed by atoms with van der Waals surface area (Å²) in [7, 11) is 4.06. The zero-order chi connectivity index (χ0) is 22.8. The number of nitrogens with zero attached hydrogens (tertiary/aromatic N) is 2. The van der Waals surface area contributed by atoms with Crippen LogP contribution >= 0.6 is 0 Å². The molecule has 0 fully saturated rings. The average molecular weight is 439 g/mol. The molecular formula is C27H26N4O2. The van der Waals surface area contributed by atoms with Crippen molar-refractivity contribution < 1.29 is 9.32 Å². The molecular weight excluding hydrogens is 412 g/mol. The lowest BCUT2D eigenvalue weighted by molar-refractivity contribution is -0.120. The van der Waals surface area contributed by atoms with Gasteiger partial charge < -0.3 is 19.7 Å². The number of hydrogen-bond acceptors (Lipinski definition) is 4. The molecule has 1 amide bonds. The Morgan fingerprint density at radius 3 is 2.52 bits per heavy atom. The van der Waals surface area contributed by atoms with E-state index in [1.807, 2.05) is 56.7 Å². The standard InChI is InChI=1S/C27H26N4O2/c1-31(2)19-13-11-18(12-14-19)22(23-17-28-24-9-5-3-7-20(23)24)16-29-27(32)15-25-21-8-4-6-10-26(21)33-30-25/h3-14,17,22,28H,15-16H2,1-2H3,(H,29,32). The summed E-state index contributed by atoms with van der Waals surface area (Å²) >= 11 is 0. The summed E-state index contributed by atoms with van der Waals surface area (Å²) in [6.07, 6.45) is 2.23. The number of amides is 1. The maximum Gasteiger partial charge on any atom is 0.226 e. The molecule has 1 unspecified atom stereocenters. The van der Waals surface area contributed by atoms with Gasteiger partial charge in [-0.15, -0.1) is 0 Å². The van der Waals surface area contributed by atoms with Gasteiger partial charge in [-0.2, -0.15) is 0 Å². The Bertz CT molecular complexity index is 1400. The minimum atomic E-state index is -0.0798. The second-order valence-corrected chi connectivity index (χ2v) is 8.43. The third-order valence-corrected chi connectivity index (χ3v) is 6.09. The first-order chi connectivity index (χ1) is 16.1. The van der Waals surface area contributed by atoms with E-state index in [1.54, 1.807) is 0 Å². The molecule has 0 aliphatic carbocycles. The highest BCUT2D eigenvalue weighted by Crippen LogP contribution is 2.31. The molecule has 5 aromatic rings. The fourth-order valence-corrected chi connectivity index (χ4v) is 4.29. The Labute approximate surface area is 192 Å². The summed E-state index contributed by atoms with van der Waals surface area (Å²) in [5, 5.41) is 9.26. The Morgan fingerprint density at radius 2 is 1.73 bits per heavy atom. The van der Waals surface area contributed by atoms with E-state index in [2.05, 4.69) is 56.8 Å². The number of para-hydroxylation sites is 2. The predicted molar refractivity (Wildman–Crippen MR) is 132 cm³/mol. The first kappa shape index (κ1) is 20.8. The van der Waals surface area contributed by atoms with Crippen LogP contribution in [0.25, 0.3) is 21.9 Å². The lowest BCUT2D eigenvalue weighted by Crippen LogP contribution is -2.30. The molecule has 166 valence electrons. The number of aromatic amines is 1. The fraction of sp³-hybridized carbons (Fsp3) is 0.185. The number of H-pyrrole nitrogens is 1. The molecule has 2 N–H and O–H groups in total. The zero-order valence-electron chi connectivity index (χ0n) is 18.7. The molecule has 0 aliphatic rings. The quantitative estimate of drug-likeness (QED) is 0.380. The molecule has 6 heteroatoms. The van der Waals surface area contributed by atoms with Gasteiger partial charge in [0.15, 0.2) is 5.58 Å². The van der Waals surface area contributed by atoms with Gasteiger partial charge in [0, 0.05) is 54.7 Å². The number of rotatable bonds is 7. The Hall–Kier alpha value is -4.06. The van der Waals surface area contributed by atoms with Crippen molar-refractivity contribution in [1.29, 1.82) is 0 Å². The number of anilines is 1. The minimum absolute atomic E-state index is 0.00960. The van der Waals surface area contributed by atoms with Gasteiger partial charge >= 0.3 is 0 Å². The number of fused-ring (bicyclic) bond motifs is 2. The van der Waals surface area contributed by atoms with E-state index in [4.69, 9.17) is 4.52 Å². The van der Waals surface area contributed by atoms with Crippen LogP contribution in [0.5, 0.6) is 0 Å². The van der Waals surface area contributed by atoms with E-state index in [0.29, 0.717) is 17.8 Å². The third-order valence-electron chi connectivity index (χ3n) is 6.09. The van der Waals surface area contributed by atoms with Crippen LogP contribution in [0.15, 0.2) is 83.5 Å². The first-order valence-electron chi connectivity index (χ1n) is 11.0. The maximum atomic E-state index is 12.9. The van der Waals surface area contributed by atoms with Crippen molar-refractivity contribution in [3.05, 3.63) is 95.8 Å². The monoisotopic (exact) mass is 438 g/mol. The summed E-state index contributed by atoms with van der Waals surface area (Å²) in [5.74, 6) is -0.0702. The van der Waals surface area contributed by atoms with E-state index >= 15 is 0 Å². The van der Waals surface area contributed by atoms with Gasteiger partial charge in [0.25, 0.3) is 0 Å². The number of carbonyl (C=O) groups excluding carboxylic acids is 1. The van der Waals surface area contributed by atoms with Crippen LogP contribution in [0, 0.1) is 0 Å². The highest BCUT2D eigenvalue weighted by molar-refractivity contribution is 5.87. The molecule has 0 radical (unpaired) electrons. The molecule has 33 heavy (non-hydrogen) atoms. The smallest absolute Gasteiger partial charge is 0.226 e. The fourth-order valence-electron chi connectivity index (χ4n) is 4.29. The molecule has 0 saturated carbocycles. The largest absolute Gasteiger partial charge is 0.378 e. The number of benzene rings is 3. The van der Waals surface area contributed by atoms with Gasteiger partial charge in [-0.1, -0.05) is 47.6 Å². The van der Waals surface area contributed by atoms with Gasteiger partial charge in [0.05, 0.1) is 6.42 Å². The summed E-state index contributed by atoms with van der Waals surface area (Å²) in [5.41, 5.74) is 5.88. The molecule has 2 heterocycles. The third kappa shape index (κ3) is 4.20. The predicted octanol–water partition coefficient (Wildman–Crippen LogP) is 4.87. The lowest BCUT2D eigenvalue weighted by Gasteiger charge is -2.20. The molecule has 3 aromatic carbocycles. The highest BCUT2D eigenvalue weighted by atomic mass is 16.5. The number of carbonyl (C=O) groups is 1. The molecule has 1 atom stereocenters. The van der Waals surface area contributed by atoms with Gasteiger partial charge in [-0.25, -0.2) is 0 Å². The lowest BCUT2D eigenvalue weighted by atomic mass is 9.90. The molecule has 5 rings (SSSR count). The number of nitrogens with one attached hydrogen (secondary N) is 2. The van der Waals surface area contributed by atoms with E-state index < -0.39 is 0 Å². The molecule has 0 saturated heterocycles. The summed E-state index contributed by atoms with van der Waals surface area (Å²) in [6.45, 7) is 0.484. The molecule has 0 bridgehead atoms. The van der Waals surface area contributed by atoms with Crippen LogP contribution in [-0.2, 0) is 11.2 Å².